The third-order valence-electron chi connectivity index (χ3n) is 3.69. The molecule has 5 heteroatoms. The average Bonchev–Trinajstić information content (AvgIpc) is 2.81. The molecule has 1 saturated heterocycles. The molecule has 1 amide bonds. The van der Waals surface area contributed by atoms with Gasteiger partial charge in [0.1, 0.15) is 5.69 Å². The van der Waals surface area contributed by atoms with Crippen LogP contribution in [0.1, 0.15) is 28.5 Å². The molecule has 0 bridgehead atoms. The molecule has 1 unspecified atom stereocenters. The lowest BCUT2D eigenvalue weighted by Crippen LogP contribution is -2.38. The van der Waals surface area contributed by atoms with Crippen molar-refractivity contribution >= 4 is 5.91 Å². The van der Waals surface area contributed by atoms with Gasteiger partial charge in [-0.15, -0.1) is 0 Å². The molecule has 21 heavy (non-hydrogen) atoms. The molecule has 1 aromatic carbocycles. The summed E-state index contributed by atoms with van der Waals surface area (Å²) in [5.74, 6) is -0.0550. The number of nitrogens with one attached hydrogen (secondary N) is 1. The van der Waals surface area contributed by atoms with E-state index in [2.05, 4.69) is 27.4 Å². The van der Waals surface area contributed by atoms with Crippen molar-refractivity contribution in [1.29, 1.82) is 0 Å². The van der Waals surface area contributed by atoms with Crippen LogP contribution in [0.15, 0.2) is 48.9 Å². The summed E-state index contributed by atoms with van der Waals surface area (Å²) in [6, 6.07) is 10.2. The van der Waals surface area contributed by atoms with E-state index in [4.69, 9.17) is 0 Å². The number of carbonyl (C=O) groups is 1. The third-order valence-corrected chi connectivity index (χ3v) is 3.69. The van der Waals surface area contributed by atoms with Crippen LogP contribution in [0, 0.1) is 0 Å². The van der Waals surface area contributed by atoms with Gasteiger partial charge in [-0.1, -0.05) is 30.3 Å². The summed E-state index contributed by atoms with van der Waals surface area (Å²) >= 11 is 0. The van der Waals surface area contributed by atoms with Gasteiger partial charge in [0.05, 0.1) is 12.2 Å². The van der Waals surface area contributed by atoms with Crippen molar-refractivity contribution in [3.63, 3.8) is 0 Å². The first-order chi connectivity index (χ1) is 10.4. The summed E-state index contributed by atoms with van der Waals surface area (Å²) in [4.78, 5) is 22.8. The van der Waals surface area contributed by atoms with Crippen LogP contribution >= 0.6 is 0 Å². The molecular weight excluding hydrogens is 264 g/mol. The minimum absolute atomic E-state index is 0.0307. The van der Waals surface area contributed by atoms with Crippen LogP contribution in [0.2, 0.25) is 0 Å². The Labute approximate surface area is 124 Å². The second-order valence-corrected chi connectivity index (χ2v) is 5.07. The van der Waals surface area contributed by atoms with Gasteiger partial charge in [0.2, 0.25) is 0 Å². The lowest BCUT2D eigenvalue weighted by molar-refractivity contribution is 0.0684. The van der Waals surface area contributed by atoms with Gasteiger partial charge in [-0.05, 0) is 18.5 Å². The monoisotopic (exact) mass is 282 g/mol. The van der Waals surface area contributed by atoms with E-state index >= 15 is 0 Å². The van der Waals surface area contributed by atoms with Crippen molar-refractivity contribution in [3.8, 4) is 0 Å². The number of hydrogen-bond donors (Lipinski definition) is 1. The molecule has 1 fully saturated rings. The predicted octanol–water partition coefficient (Wildman–Crippen LogP) is 1.65. The zero-order valence-corrected chi connectivity index (χ0v) is 11.8. The van der Waals surface area contributed by atoms with Crippen molar-refractivity contribution in [2.75, 3.05) is 19.6 Å². The highest BCUT2D eigenvalue weighted by Gasteiger charge is 2.28. The highest BCUT2D eigenvalue weighted by Crippen LogP contribution is 2.23. The van der Waals surface area contributed by atoms with Crippen LogP contribution in [-0.4, -0.2) is 40.4 Å². The van der Waals surface area contributed by atoms with Crippen molar-refractivity contribution in [2.24, 2.45) is 0 Å². The number of rotatable bonds is 2. The molecule has 1 aromatic heterocycles. The Morgan fingerprint density at radius 1 is 1.24 bits per heavy atom. The molecule has 1 atom stereocenters. The van der Waals surface area contributed by atoms with E-state index in [0.29, 0.717) is 5.69 Å². The Kier molecular flexibility index (Phi) is 4.21. The molecule has 1 aliphatic rings. The Bertz CT molecular complexity index is 588. The van der Waals surface area contributed by atoms with Crippen molar-refractivity contribution in [2.45, 2.75) is 12.5 Å². The van der Waals surface area contributed by atoms with Crippen LogP contribution in [-0.2, 0) is 0 Å². The van der Waals surface area contributed by atoms with Gasteiger partial charge in [-0.2, -0.15) is 0 Å². The Hall–Kier alpha value is -2.27. The second kappa shape index (κ2) is 6.45. The molecule has 2 aromatic rings. The minimum Gasteiger partial charge on any atom is -0.329 e. The summed E-state index contributed by atoms with van der Waals surface area (Å²) in [6.45, 7) is 2.41. The maximum Gasteiger partial charge on any atom is 0.274 e. The summed E-state index contributed by atoms with van der Waals surface area (Å²) in [5, 5.41) is 3.40. The van der Waals surface area contributed by atoms with Gasteiger partial charge in [-0.3, -0.25) is 9.78 Å². The van der Waals surface area contributed by atoms with Gasteiger partial charge in [0.25, 0.3) is 5.91 Å². The zero-order valence-electron chi connectivity index (χ0n) is 11.8. The van der Waals surface area contributed by atoms with E-state index in [-0.39, 0.29) is 11.9 Å². The molecule has 0 saturated carbocycles. The summed E-state index contributed by atoms with van der Waals surface area (Å²) in [7, 11) is 0. The Morgan fingerprint density at radius 2 is 2.10 bits per heavy atom. The maximum atomic E-state index is 12.7. The van der Waals surface area contributed by atoms with E-state index in [1.54, 1.807) is 12.4 Å². The number of nitrogens with zero attached hydrogens (tertiary/aromatic N) is 3. The van der Waals surface area contributed by atoms with E-state index in [9.17, 15) is 4.79 Å². The molecule has 3 rings (SSSR count). The quantitative estimate of drug-likeness (QED) is 0.910. The predicted molar refractivity (Wildman–Crippen MR) is 79.7 cm³/mol. The number of hydrogen-bond acceptors (Lipinski definition) is 4. The standard InChI is InChI=1S/C16H18N4O/c21-16(14-11-18-8-9-19-14)20-10-4-7-17-12-15(20)13-5-2-1-3-6-13/h1-3,5-6,8-9,11,15,17H,4,7,10,12H2. The number of amides is 1. The summed E-state index contributed by atoms with van der Waals surface area (Å²) < 4.78 is 0. The normalized spacial score (nSPS) is 19.0. The average molecular weight is 282 g/mol. The molecule has 1 N–H and O–H groups in total. The van der Waals surface area contributed by atoms with Crippen LogP contribution < -0.4 is 5.32 Å². The lowest BCUT2D eigenvalue weighted by atomic mass is 10.0. The number of carbonyl (C=O) groups excluding carboxylic acids is 1. The first-order valence-electron chi connectivity index (χ1n) is 7.19. The van der Waals surface area contributed by atoms with Gasteiger partial charge in [-0.25, -0.2) is 4.98 Å². The summed E-state index contributed by atoms with van der Waals surface area (Å²) in [5.41, 5.74) is 1.55. The topological polar surface area (TPSA) is 58.1 Å². The fourth-order valence-electron chi connectivity index (χ4n) is 2.65. The van der Waals surface area contributed by atoms with Gasteiger partial charge in [0, 0.05) is 25.5 Å². The molecule has 2 heterocycles. The van der Waals surface area contributed by atoms with E-state index in [0.717, 1.165) is 31.6 Å². The number of aromatic nitrogens is 2. The van der Waals surface area contributed by atoms with E-state index in [1.165, 1.54) is 6.20 Å². The highest BCUT2D eigenvalue weighted by atomic mass is 16.2. The fraction of sp³-hybridized carbons (Fsp3) is 0.312. The van der Waals surface area contributed by atoms with Crippen molar-refractivity contribution in [3.05, 3.63) is 60.2 Å². The molecule has 5 nitrogen and oxygen atoms in total. The molecule has 1 aliphatic heterocycles. The van der Waals surface area contributed by atoms with Gasteiger partial charge >= 0.3 is 0 Å². The van der Waals surface area contributed by atoms with Gasteiger partial charge in [0.15, 0.2) is 0 Å². The van der Waals surface area contributed by atoms with Crippen molar-refractivity contribution < 1.29 is 4.79 Å². The highest BCUT2D eigenvalue weighted by molar-refractivity contribution is 5.92. The third kappa shape index (κ3) is 3.08. The fourth-order valence-corrected chi connectivity index (χ4v) is 2.65. The molecule has 0 spiro atoms. The van der Waals surface area contributed by atoms with Crippen LogP contribution in [0.3, 0.4) is 0 Å². The molecule has 108 valence electrons. The lowest BCUT2D eigenvalue weighted by Gasteiger charge is -2.29. The molecular formula is C16H18N4O. The largest absolute Gasteiger partial charge is 0.329 e. The molecule has 0 aliphatic carbocycles. The maximum absolute atomic E-state index is 12.7. The first-order valence-corrected chi connectivity index (χ1v) is 7.19. The smallest absolute Gasteiger partial charge is 0.274 e. The number of benzene rings is 1. The van der Waals surface area contributed by atoms with Gasteiger partial charge < -0.3 is 10.2 Å². The SMILES string of the molecule is O=C(c1cnccn1)N1CCCNCC1c1ccccc1. The van der Waals surface area contributed by atoms with E-state index in [1.807, 2.05) is 23.1 Å². The van der Waals surface area contributed by atoms with E-state index < -0.39 is 0 Å². The zero-order chi connectivity index (χ0) is 14.5. The second-order valence-electron chi connectivity index (χ2n) is 5.07. The summed E-state index contributed by atoms with van der Waals surface area (Å²) in [6.07, 6.45) is 5.61. The van der Waals surface area contributed by atoms with Crippen molar-refractivity contribution in [1.82, 2.24) is 20.2 Å². The van der Waals surface area contributed by atoms with Crippen LogP contribution in [0.5, 0.6) is 0 Å². The van der Waals surface area contributed by atoms with Crippen LogP contribution in [0.25, 0.3) is 0 Å². The first kappa shape index (κ1) is 13.7. The molecule has 0 radical (unpaired) electrons. The Balaban J connectivity index is 1.91. The Morgan fingerprint density at radius 3 is 2.86 bits per heavy atom. The minimum atomic E-state index is -0.0550. The van der Waals surface area contributed by atoms with Crippen LogP contribution in [0.4, 0.5) is 0 Å².